The monoisotopic (exact) mass is 431 g/mol. The van der Waals surface area contributed by atoms with E-state index in [1.165, 1.54) is 0 Å². The number of rotatable bonds is 4. The van der Waals surface area contributed by atoms with Crippen LogP contribution < -0.4 is 15.6 Å². The normalized spacial score (nSPS) is 13.6. The van der Waals surface area contributed by atoms with E-state index in [4.69, 9.17) is 27.9 Å². The van der Waals surface area contributed by atoms with Crippen LogP contribution in [0.4, 0.5) is 5.69 Å². The second-order valence-electron chi connectivity index (χ2n) is 6.94. The van der Waals surface area contributed by atoms with Crippen LogP contribution in [0.25, 0.3) is 10.9 Å². The highest BCUT2D eigenvalue weighted by atomic mass is 35.5. The zero-order chi connectivity index (χ0) is 20.4. The smallest absolute Gasteiger partial charge is 0.262 e. The zero-order valence-electron chi connectivity index (χ0n) is 15.6. The van der Waals surface area contributed by atoms with Gasteiger partial charge in [0.2, 0.25) is 0 Å². The van der Waals surface area contributed by atoms with Gasteiger partial charge in [0.25, 0.3) is 11.5 Å². The van der Waals surface area contributed by atoms with E-state index in [9.17, 15) is 9.59 Å². The molecule has 8 heteroatoms. The Labute approximate surface area is 177 Å². The maximum atomic E-state index is 12.9. The maximum Gasteiger partial charge on any atom is 0.262 e. The lowest BCUT2D eigenvalue weighted by atomic mass is 10.2. The van der Waals surface area contributed by atoms with Crippen LogP contribution in [0.15, 0.2) is 41.2 Å². The molecule has 0 saturated heterocycles. The molecule has 1 aliphatic heterocycles. The van der Waals surface area contributed by atoms with Crippen LogP contribution >= 0.6 is 23.2 Å². The first-order valence-electron chi connectivity index (χ1n) is 9.42. The van der Waals surface area contributed by atoms with Crippen LogP contribution in [-0.4, -0.2) is 22.1 Å². The highest BCUT2D eigenvalue weighted by Gasteiger charge is 2.14. The third-order valence-electron chi connectivity index (χ3n) is 4.85. The first-order chi connectivity index (χ1) is 14.0. The van der Waals surface area contributed by atoms with Gasteiger partial charge in [0.05, 0.1) is 15.9 Å². The van der Waals surface area contributed by atoms with Crippen molar-refractivity contribution < 1.29 is 9.53 Å². The van der Waals surface area contributed by atoms with Crippen molar-refractivity contribution in [2.75, 3.05) is 11.9 Å². The third-order valence-corrected chi connectivity index (χ3v) is 5.38. The summed E-state index contributed by atoms with van der Waals surface area (Å²) in [4.78, 5) is 29.8. The summed E-state index contributed by atoms with van der Waals surface area (Å²) in [5.41, 5.74) is 1.10. The summed E-state index contributed by atoms with van der Waals surface area (Å²) in [6.07, 6.45) is 3.93. The number of carbonyl (C=O) groups is 1. The number of anilines is 1. The average molecular weight is 432 g/mol. The van der Waals surface area contributed by atoms with E-state index in [2.05, 4.69) is 10.3 Å². The summed E-state index contributed by atoms with van der Waals surface area (Å²) >= 11 is 11.9. The van der Waals surface area contributed by atoms with Crippen LogP contribution in [0.1, 0.15) is 25.1 Å². The minimum absolute atomic E-state index is 0.0628. The number of carbonyl (C=O) groups excluding carboxylic acids is 1. The van der Waals surface area contributed by atoms with Gasteiger partial charge in [-0.2, -0.15) is 0 Å². The van der Waals surface area contributed by atoms with Crippen LogP contribution in [-0.2, 0) is 17.8 Å². The molecule has 4 rings (SSSR count). The van der Waals surface area contributed by atoms with Crippen LogP contribution in [0.5, 0.6) is 5.75 Å². The highest BCUT2D eigenvalue weighted by Crippen LogP contribution is 2.27. The summed E-state index contributed by atoms with van der Waals surface area (Å²) < 4.78 is 7.20. The Morgan fingerprint density at radius 1 is 1.14 bits per heavy atom. The quantitative estimate of drug-likeness (QED) is 0.662. The molecular weight excluding hydrogens is 413 g/mol. The van der Waals surface area contributed by atoms with Crippen molar-refractivity contribution in [3.8, 4) is 5.75 Å². The van der Waals surface area contributed by atoms with E-state index in [0.29, 0.717) is 38.9 Å². The Morgan fingerprint density at radius 2 is 2.00 bits per heavy atom. The van der Waals surface area contributed by atoms with Gasteiger partial charge in [0.1, 0.15) is 11.6 Å². The molecule has 2 aromatic carbocycles. The molecule has 1 aliphatic rings. The fourth-order valence-electron chi connectivity index (χ4n) is 3.43. The number of hydrogen-bond acceptors (Lipinski definition) is 4. The molecule has 2 heterocycles. The van der Waals surface area contributed by atoms with Gasteiger partial charge in [0, 0.05) is 23.7 Å². The molecule has 0 saturated carbocycles. The fraction of sp³-hybridized carbons (Fsp3) is 0.286. The Bertz CT molecular complexity index is 1140. The number of ether oxygens (including phenoxy) is 1. The minimum atomic E-state index is -0.363. The number of nitrogens with one attached hydrogen (secondary N) is 1. The van der Waals surface area contributed by atoms with Crippen molar-refractivity contribution in [1.82, 2.24) is 9.55 Å². The number of aryl methyl sites for hydroxylation is 1. The first kappa shape index (κ1) is 19.7. The average Bonchev–Trinajstić information content (AvgIpc) is 2.94. The largest absolute Gasteiger partial charge is 0.482 e. The summed E-state index contributed by atoms with van der Waals surface area (Å²) in [5, 5.41) is 4.06. The third kappa shape index (κ3) is 4.38. The van der Waals surface area contributed by atoms with Gasteiger partial charge < -0.3 is 10.1 Å². The van der Waals surface area contributed by atoms with Crippen LogP contribution in [0.2, 0.25) is 10.0 Å². The molecule has 0 bridgehead atoms. The second kappa shape index (κ2) is 8.43. The topological polar surface area (TPSA) is 73.2 Å². The standard InChI is InChI=1S/C21H19Cl2N3O3/c22-13-5-8-18(16(23)10-13)29-12-20(27)24-14-6-7-17-15(11-14)21(28)26-9-3-1-2-4-19(26)25-17/h5-8,10-11H,1-4,9,12H2,(H,24,27). The number of halogens is 2. The molecule has 0 aliphatic carbocycles. The lowest BCUT2D eigenvalue weighted by Gasteiger charge is -2.12. The van der Waals surface area contributed by atoms with Gasteiger partial charge in [-0.15, -0.1) is 0 Å². The Morgan fingerprint density at radius 3 is 2.83 bits per heavy atom. The SMILES string of the molecule is O=C(COc1ccc(Cl)cc1Cl)Nc1ccc2nc3n(c(=O)c2c1)CCCCC3. The van der Waals surface area contributed by atoms with E-state index in [0.717, 1.165) is 31.5 Å². The van der Waals surface area contributed by atoms with Crippen LogP contribution in [0, 0.1) is 0 Å². The molecule has 150 valence electrons. The zero-order valence-corrected chi connectivity index (χ0v) is 17.1. The van der Waals surface area contributed by atoms with Gasteiger partial charge in [-0.25, -0.2) is 4.98 Å². The molecule has 0 spiro atoms. The Balaban J connectivity index is 1.51. The van der Waals surface area contributed by atoms with Gasteiger partial charge in [-0.3, -0.25) is 14.2 Å². The van der Waals surface area contributed by atoms with E-state index in [1.807, 2.05) is 0 Å². The fourth-order valence-corrected chi connectivity index (χ4v) is 3.89. The lowest BCUT2D eigenvalue weighted by Crippen LogP contribution is -2.25. The van der Waals surface area contributed by atoms with Crippen molar-refractivity contribution in [2.24, 2.45) is 0 Å². The highest BCUT2D eigenvalue weighted by molar-refractivity contribution is 6.35. The summed E-state index contributed by atoms with van der Waals surface area (Å²) in [5.74, 6) is 0.845. The number of aromatic nitrogens is 2. The van der Waals surface area contributed by atoms with Gasteiger partial charge in [0.15, 0.2) is 6.61 Å². The minimum Gasteiger partial charge on any atom is -0.482 e. The molecule has 0 radical (unpaired) electrons. The molecule has 1 N–H and O–H groups in total. The Kier molecular flexibility index (Phi) is 5.74. The van der Waals surface area contributed by atoms with Crippen molar-refractivity contribution in [1.29, 1.82) is 0 Å². The molecule has 1 aromatic heterocycles. The van der Waals surface area contributed by atoms with Crippen molar-refractivity contribution in [2.45, 2.75) is 32.2 Å². The van der Waals surface area contributed by atoms with E-state index < -0.39 is 0 Å². The molecule has 0 unspecified atom stereocenters. The van der Waals surface area contributed by atoms with Crippen molar-refractivity contribution in [3.05, 3.63) is 62.6 Å². The first-order valence-corrected chi connectivity index (χ1v) is 10.2. The predicted molar refractivity (Wildman–Crippen MR) is 114 cm³/mol. The van der Waals surface area contributed by atoms with Gasteiger partial charge in [-0.1, -0.05) is 29.6 Å². The molecule has 6 nitrogen and oxygen atoms in total. The molecule has 0 fully saturated rings. The van der Waals surface area contributed by atoms with E-state index in [-0.39, 0.29) is 18.1 Å². The van der Waals surface area contributed by atoms with Gasteiger partial charge in [-0.05, 0) is 49.2 Å². The van der Waals surface area contributed by atoms with E-state index in [1.54, 1.807) is 41.0 Å². The van der Waals surface area contributed by atoms with Crippen LogP contribution in [0.3, 0.4) is 0 Å². The van der Waals surface area contributed by atoms with Gasteiger partial charge >= 0.3 is 0 Å². The molecule has 1 amide bonds. The number of amides is 1. The second-order valence-corrected chi connectivity index (χ2v) is 7.78. The summed E-state index contributed by atoms with van der Waals surface area (Å²) in [6.45, 7) is 0.462. The van der Waals surface area contributed by atoms with E-state index >= 15 is 0 Å². The van der Waals surface area contributed by atoms with Crippen molar-refractivity contribution in [3.63, 3.8) is 0 Å². The number of nitrogens with zero attached hydrogens (tertiary/aromatic N) is 2. The molecule has 29 heavy (non-hydrogen) atoms. The Hall–Kier alpha value is -2.57. The maximum absolute atomic E-state index is 12.9. The molecule has 3 aromatic rings. The lowest BCUT2D eigenvalue weighted by molar-refractivity contribution is -0.118. The number of hydrogen-bond donors (Lipinski definition) is 1. The van der Waals surface area contributed by atoms with Crippen molar-refractivity contribution >= 4 is 45.7 Å². The number of benzene rings is 2. The molecular formula is C21H19Cl2N3O3. The summed E-state index contributed by atoms with van der Waals surface area (Å²) in [6, 6.07) is 9.93. The molecule has 0 atom stereocenters. The predicted octanol–water partition coefficient (Wildman–Crippen LogP) is 4.45. The number of fused-ring (bicyclic) bond motifs is 2. The summed E-state index contributed by atoms with van der Waals surface area (Å²) in [7, 11) is 0.